The summed E-state index contributed by atoms with van der Waals surface area (Å²) < 4.78 is 27.0. The van der Waals surface area contributed by atoms with Crippen LogP contribution in [0.2, 0.25) is 5.02 Å². The van der Waals surface area contributed by atoms with Crippen molar-refractivity contribution in [2.75, 3.05) is 12.3 Å². The van der Waals surface area contributed by atoms with E-state index < -0.39 is 10.0 Å². The molecule has 114 valence electrons. The number of sulfonamides is 1. The lowest BCUT2D eigenvalue weighted by atomic mass is 10.2. The smallest absolute Gasteiger partial charge is 0.242 e. The topological polar surface area (TPSA) is 85.1 Å². The van der Waals surface area contributed by atoms with Crippen molar-refractivity contribution < 1.29 is 8.42 Å². The van der Waals surface area contributed by atoms with Gasteiger partial charge in [0.15, 0.2) is 0 Å². The number of aromatic nitrogens is 1. The fraction of sp³-hybridized carbons (Fsp3) is 0.308. The molecular weight excluding hydrogens is 330 g/mol. The molecule has 21 heavy (non-hydrogen) atoms. The highest BCUT2D eigenvalue weighted by molar-refractivity contribution is 7.89. The zero-order valence-corrected chi connectivity index (χ0v) is 14.1. The van der Waals surface area contributed by atoms with Crippen LogP contribution in [0.25, 0.3) is 0 Å². The van der Waals surface area contributed by atoms with Crippen molar-refractivity contribution in [2.45, 2.75) is 25.2 Å². The molecule has 1 aromatic heterocycles. The lowest BCUT2D eigenvalue weighted by molar-refractivity contribution is 0.581. The van der Waals surface area contributed by atoms with E-state index in [1.165, 1.54) is 17.4 Å². The monoisotopic (exact) mass is 345 g/mol. The normalized spacial score (nSPS) is 11.8. The molecule has 2 aromatic rings. The molecule has 8 heteroatoms. The Bertz CT molecular complexity index is 757. The van der Waals surface area contributed by atoms with Gasteiger partial charge in [0.05, 0.1) is 10.0 Å². The van der Waals surface area contributed by atoms with Crippen LogP contribution >= 0.6 is 22.9 Å². The van der Waals surface area contributed by atoms with Gasteiger partial charge in [-0.1, -0.05) is 11.6 Å². The van der Waals surface area contributed by atoms with E-state index in [0.29, 0.717) is 12.1 Å². The Labute approximate surface area is 133 Å². The molecule has 3 N–H and O–H groups in total. The number of nitrogens with two attached hydrogens (primary N) is 1. The lowest BCUT2D eigenvalue weighted by Gasteiger charge is -2.10. The zero-order valence-electron chi connectivity index (χ0n) is 11.7. The summed E-state index contributed by atoms with van der Waals surface area (Å²) in [5.41, 5.74) is 7.83. The van der Waals surface area contributed by atoms with Crippen LogP contribution in [0.3, 0.4) is 0 Å². The van der Waals surface area contributed by atoms with Gasteiger partial charge in [-0.15, -0.1) is 11.3 Å². The maximum Gasteiger partial charge on any atom is 0.242 e. The first-order valence-electron chi connectivity index (χ1n) is 6.26. The molecular formula is C13H16ClN3O2S2. The molecule has 2 rings (SSSR count). The van der Waals surface area contributed by atoms with Crippen molar-refractivity contribution in [3.05, 3.63) is 38.8 Å². The minimum absolute atomic E-state index is 0.00239. The Morgan fingerprint density at radius 2 is 2.10 bits per heavy atom. The predicted molar refractivity (Wildman–Crippen MR) is 86.3 cm³/mol. The average Bonchev–Trinajstić information content (AvgIpc) is 2.79. The molecule has 0 bridgehead atoms. The maximum absolute atomic E-state index is 12.2. The van der Waals surface area contributed by atoms with Crippen LogP contribution in [-0.4, -0.2) is 19.9 Å². The lowest BCUT2D eigenvalue weighted by Crippen LogP contribution is -2.26. The Hall–Kier alpha value is -1.15. The van der Waals surface area contributed by atoms with Crippen LogP contribution in [0.15, 0.2) is 22.4 Å². The van der Waals surface area contributed by atoms with Crippen molar-refractivity contribution in [2.24, 2.45) is 0 Å². The zero-order chi connectivity index (χ0) is 15.6. The van der Waals surface area contributed by atoms with Gasteiger partial charge in [0.1, 0.15) is 4.90 Å². The fourth-order valence-corrected chi connectivity index (χ4v) is 4.18. The Kier molecular flexibility index (Phi) is 4.88. The van der Waals surface area contributed by atoms with Gasteiger partial charge in [-0.3, -0.25) is 0 Å². The molecule has 0 unspecified atom stereocenters. The molecule has 0 aliphatic carbocycles. The number of benzene rings is 1. The second-order valence-electron chi connectivity index (χ2n) is 4.67. The summed E-state index contributed by atoms with van der Waals surface area (Å²) in [6.45, 7) is 3.94. The number of aryl methyl sites for hydroxylation is 2. The van der Waals surface area contributed by atoms with Gasteiger partial charge >= 0.3 is 0 Å². The van der Waals surface area contributed by atoms with Crippen molar-refractivity contribution >= 4 is 38.6 Å². The van der Waals surface area contributed by atoms with Gasteiger partial charge in [0, 0.05) is 29.7 Å². The minimum atomic E-state index is -3.68. The minimum Gasteiger partial charge on any atom is -0.398 e. The van der Waals surface area contributed by atoms with Crippen molar-refractivity contribution in [1.82, 2.24) is 9.71 Å². The molecule has 0 amide bonds. The van der Waals surface area contributed by atoms with E-state index in [-0.39, 0.29) is 16.5 Å². The highest BCUT2D eigenvalue weighted by atomic mass is 35.5. The summed E-state index contributed by atoms with van der Waals surface area (Å²) in [5, 5.41) is 2.99. The summed E-state index contributed by atoms with van der Waals surface area (Å²) in [6, 6.07) is 2.93. The van der Waals surface area contributed by atoms with Crippen molar-refractivity contribution in [3.63, 3.8) is 0 Å². The van der Waals surface area contributed by atoms with Gasteiger partial charge in [0.25, 0.3) is 0 Å². The SMILES string of the molecule is Cc1csc(CCNS(=O)(=O)c2cc(N)c(C)cc2Cl)n1. The first-order valence-corrected chi connectivity index (χ1v) is 9.00. The van der Waals surface area contributed by atoms with Gasteiger partial charge in [-0.25, -0.2) is 18.1 Å². The third kappa shape index (κ3) is 3.94. The molecule has 0 fully saturated rings. The molecule has 5 nitrogen and oxygen atoms in total. The standard InChI is InChI=1S/C13H16ClN3O2S2/c1-8-5-10(14)12(6-11(8)15)21(18,19)16-4-3-13-17-9(2)7-20-13/h5-7,16H,3-4,15H2,1-2H3. The van der Waals surface area contributed by atoms with Crippen molar-refractivity contribution in [1.29, 1.82) is 0 Å². The molecule has 0 saturated carbocycles. The molecule has 0 radical (unpaired) electrons. The molecule has 1 aromatic carbocycles. The Morgan fingerprint density at radius 3 is 2.71 bits per heavy atom. The molecule has 0 aliphatic heterocycles. The quantitative estimate of drug-likeness (QED) is 0.815. The number of nitrogen functional groups attached to an aromatic ring is 1. The molecule has 0 atom stereocenters. The van der Waals surface area contributed by atoms with Crippen LogP contribution in [0.1, 0.15) is 16.3 Å². The van der Waals surface area contributed by atoms with Gasteiger partial charge in [-0.05, 0) is 31.5 Å². The van der Waals surface area contributed by atoms with Gasteiger partial charge in [0.2, 0.25) is 10.0 Å². The van der Waals surface area contributed by atoms with E-state index >= 15 is 0 Å². The van der Waals surface area contributed by atoms with Crippen LogP contribution < -0.4 is 10.5 Å². The van der Waals surface area contributed by atoms with Gasteiger partial charge < -0.3 is 5.73 Å². The van der Waals surface area contributed by atoms with Crippen molar-refractivity contribution in [3.8, 4) is 0 Å². The molecule has 1 heterocycles. The van der Waals surface area contributed by atoms with E-state index in [1.807, 2.05) is 12.3 Å². The van der Waals surface area contributed by atoms with Crippen LogP contribution in [-0.2, 0) is 16.4 Å². The van der Waals surface area contributed by atoms with E-state index in [9.17, 15) is 8.42 Å². The number of halogens is 1. The van der Waals surface area contributed by atoms with Crippen LogP contribution in [0, 0.1) is 13.8 Å². The van der Waals surface area contributed by atoms with E-state index in [1.54, 1.807) is 13.0 Å². The number of nitrogens with one attached hydrogen (secondary N) is 1. The molecule has 0 aliphatic rings. The van der Waals surface area contributed by atoms with Crippen LogP contribution in [0.4, 0.5) is 5.69 Å². The number of hydrogen-bond donors (Lipinski definition) is 2. The predicted octanol–water partition coefficient (Wildman–Crippen LogP) is 2.52. The first kappa shape index (κ1) is 16.2. The largest absolute Gasteiger partial charge is 0.398 e. The highest BCUT2D eigenvalue weighted by Gasteiger charge is 2.19. The highest BCUT2D eigenvalue weighted by Crippen LogP contribution is 2.26. The van der Waals surface area contributed by atoms with Crippen LogP contribution in [0.5, 0.6) is 0 Å². The summed E-state index contributed by atoms with van der Waals surface area (Å²) in [7, 11) is -3.68. The van der Waals surface area contributed by atoms with E-state index in [4.69, 9.17) is 17.3 Å². The first-order chi connectivity index (χ1) is 9.79. The maximum atomic E-state index is 12.2. The van der Waals surface area contributed by atoms with E-state index in [0.717, 1.165) is 16.3 Å². The summed E-state index contributed by atoms with van der Waals surface area (Å²) in [4.78, 5) is 4.29. The fourth-order valence-electron chi connectivity index (χ4n) is 1.76. The average molecular weight is 346 g/mol. The summed E-state index contributed by atoms with van der Waals surface area (Å²) in [5.74, 6) is 0. The van der Waals surface area contributed by atoms with Gasteiger partial charge in [-0.2, -0.15) is 0 Å². The Balaban J connectivity index is 2.10. The molecule has 0 saturated heterocycles. The number of thiazole rings is 1. The molecule has 0 spiro atoms. The number of anilines is 1. The Morgan fingerprint density at radius 1 is 1.38 bits per heavy atom. The summed E-state index contributed by atoms with van der Waals surface area (Å²) in [6.07, 6.45) is 0.538. The van der Waals surface area contributed by atoms with E-state index in [2.05, 4.69) is 9.71 Å². The third-order valence-electron chi connectivity index (χ3n) is 2.91. The number of rotatable bonds is 5. The number of nitrogens with zero attached hydrogens (tertiary/aromatic N) is 1. The second kappa shape index (κ2) is 6.31. The second-order valence-corrected chi connectivity index (χ2v) is 7.75. The third-order valence-corrected chi connectivity index (χ3v) is 5.86. The summed E-state index contributed by atoms with van der Waals surface area (Å²) >= 11 is 7.51. The number of hydrogen-bond acceptors (Lipinski definition) is 5.